The van der Waals surface area contributed by atoms with E-state index in [1.165, 1.54) is 5.56 Å². The summed E-state index contributed by atoms with van der Waals surface area (Å²) in [4.78, 5) is 11.1. The number of hydrogen-bond acceptors (Lipinski definition) is 3. The minimum absolute atomic E-state index is 0.159. The van der Waals surface area contributed by atoms with Gasteiger partial charge in [0, 0.05) is 6.04 Å². The lowest BCUT2D eigenvalue weighted by Crippen LogP contribution is -2.30. The highest BCUT2D eigenvalue weighted by atomic mass is 16.5. The average molecular weight is 293 g/mol. The van der Waals surface area contributed by atoms with E-state index in [0.29, 0.717) is 6.04 Å². The van der Waals surface area contributed by atoms with E-state index in [-0.39, 0.29) is 6.61 Å². The Morgan fingerprint density at radius 2 is 2.10 bits per heavy atom. The first kappa shape index (κ1) is 17.5. The average Bonchev–Trinajstić information content (AvgIpc) is 2.43. The van der Waals surface area contributed by atoms with Crippen molar-refractivity contribution in [3.05, 3.63) is 29.3 Å². The molecule has 21 heavy (non-hydrogen) atoms. The molecule has 0 aliphatic heterocycles. The molecule has 1 unspecified atom stereocenters. The molecule has 1 aromatic carbocycles. The van der Waals surface area contributed by atoms with Crippen LogP contribution in [-0.2, 0) is 4.79 Å². The van der Waals surface area contributed by atoms with Gasteiger partial charge in [-0.05, 0) is 57.9 Å². The van der Waals surface area contributed by atoms with Crippen LogP contribution in [0.2, 0.25) is 0 Å². The molecule has 4 heteroatoms. The van der Waals surface area contributed by atoms with Gasteiger partial charge >= 0.3 is 5.97 Å². The first-order valence-corrected chi connectivity index (χ1v) is 7.48. The molecule has 0 heterocycles. The molecule has 0 radical (unpaired) electrons. The van der Waals surface area contributed by atoms with Crippen molar-refractivity contribution < 1.29 is 14.6 Å². The first-order chi connectivity index (χ1) is 9.77. The summed E-state index contributed by atoms with van der Waals surface area (Å²) in [5.74, 6) is -0.107. The highest BCUT2D eigenvalue weighted by Gasteiger charge is 2.28. The van der Waals surface area contributed by atoms with Crippen molar-refractivity contribution in [2.24, 2.45) is 5.41 Å². The number of carboxylic acid groups (broad SMARTS) is 1. The van der Waals surface area contributed by atoms with Crippen molar-refractivity contribution in [2.75, 3.05) is 13.2 Å². The third-order valence-corrected chi connectivity index (χ3v) is 3.57. The topological polar surface area (TPSA) is 58.6 Å². The van der Waals surface area contributed by atoms with Crippen molar-refractivity contribution >= 4 is 5.97 Å². The van der Waals surface area contributed by atoms with Gasteiger partial charge in [0.05, 0.1) is 5.41 Å². The lowest BCUT2D eigenvalue weighted by atomic mass is 9.95. The molecule has 118 valence electrons. The van der Waals surface area contributed by atoms with E-state index < -0.39 is 11.4 Å². The van der Waals surface area contributed by atoms with Crippen LogP contribution in [-0.4, -0.2) is 24.2 Å². The number of nitrogens with one attached hydrogen (secondary N) is 1. The number of rotatable bonds is 8. The summed E-state index contributed by atoms with van der Waals surface area (Å²) in [5.41, 5.74) is 1.35. The van der Waals surface area contributed by atoms with Crippen molar-refractivity contribution in [3.8, 4) is 5.75 Å². The van der Waals surface area contributed by atoms with E-state index >= 15 is 0 Å². The number of carboxylic acids is 1. The highest BCUT2D eigenvalue weighted by molar-refractivity contribution is 5.73. The molecule has 0 fully saturated rings. The molecule has 0 saturated heterocycles. The van der Waals surface area contributed by atoms with Crippen LogP contribution in [0.25, 0.3) is 0 Å². The Bertz CT molecular complexity index is 483. The molecule has 0 amide bonds. The van der Waals surface area contributed by atoms with Gasteiger partial charge in [0.15, 0.2) is 0 Å². The number of aryl methyl sites for hydroxylation is 1. The van der Waals surface area contributed by atoms with E-state index in [4.69, 9.17) is 9.84 Å². The zero-order valence-electron chi connectivity index (χ0n) is 13.7. The Kier molecular flexibility index (Phi) is 6.21. The van der Waals surface area contributed by atoms with E-state index in [0.717, 1.165) is 24.3 Å². The molecule has 0 saturated carbocycles. The van der Waals surface area contributed by atoms with Crippen LogP contribution in [0.4, 0.5) is 0 Å². The molecule has 0 aliphatic rings. The fourth-order valence-corrected chi connectivity index (χ4v) is 1.90. The third kappa shape index (κ3) is 5.05. The summed E-state index contributed by atoms with van der Waals surface area (Å²) in [6.45, 7) is 10.7. The number of hydrogen-bond donors (Lipinski definition) is 2. The molecule has 2 N–H and O–H groups in total. The van der Waals surface area contributed by atoms with Gasteiger partial charge in [-0.1, -0.05) is 19.1 Å². The van der Waals surface area contributed by atoms with Crippen LogP contribution in [0.5, 0.6) is 5.75 Å². The molecule has 0 bridgehead atoms. The molecule has 4 nitrogen and oxygen atoms in total. The van der Waals surface area contributed by atoms with E-state index in [2.05, 4.69) is 25.2 Å². The predicted molar refractivity (Wildman–Crippen MR) is 84.8 cm³/mol. The number of carbonyl (C=O) groups is 1. The van der Waals surface area contributed by atoms with Gasteiger partial charge in [-0.3, -0.25) is 4.79 Å². The van der Waals surface area contributed by atoms with E-state index in [1.54, 1.807) is 13.8 Å². The van der Waals surface area contributed by atoms with Crippen LogP contribution in [0.15, 0.2) is 18.2 Å². The minimum atomic E-state index is -0.888. The fourth-order valence-electron chi connectivity index (χ4n) is 1.90. The standard InChI is InChI=1S/C17H27NO3/c1-6-9-18-13(3)14-7-8-15(12(2)10-14)21-11-17(4,5)16(19)20/h7-8,10,13,18H,6,9,11H2,1-5H3,(H,19,20). The van der Waals surface area contributed by atoms with Crippen molar-refractivity contribution in [2.45, 2.75) is 47.1 Å². The van der Waals surface area contributed by atoms with Gasteiger partial charge in [0.2, 0.25) is 0 Å². The molecule has 1 atom stereocenters. The van der Waals surface area contributed by atoms with Crippen molar-refractivity contribution in [1.82, 2.24) is 5.32 Å². The van der Waals surface area contributed by atoms with Crippen LogP contribution in [0, 0.1) is 12.3 Å². The van der Waals surface area contributed by atoms with Crippen LogP contribution in [0.3, 0.4) is 0 Å². The Balaban J connectivity index is 2.72. The minimum Gasteiger partial charge on any atom is -0.492 e. The van der Waals surface area contributed by atoms with Crippen molar-refractivity contribution in [3.63, 3.8) is 0 Å². The van der Waals surface area contributed by atoms with Gasteiger partial charge < -0.3 is 15.2 Å². The molecule has 0 aromatic heterocycles. The molecule has 0 aliphatic carbocycles. The lowest BCUT2D eigenvalue weighted by Gasteiger charge is -2.21. The van der Waals surface area contributed by atoms with Gasteiger partial charge in [-0.15, -0.1) is 0 Å². The molecule has 1 aromatic rings. The fraction of sp³-hybridized carbons (Fsp3) is 0.588. The van der Waals surface area contributed by atoms with Gasteiger partial charge in [0.1, 0.15) is 12.4 Å². The van der Waals surface area contributed by atoms with E-state index in [9.17, 15) is 4.79 Å². The summed E-state index contributed by atoms with van der Waals surface area (Å²) in [6, 6.07) is 6.35. The summed E-state index contributed by atoms with van der Waals surface area (Å²) >= 11 is 0. The van der Waals surface area contributed by atoms with E-state index in [1.807, 2.05) is 19.1 Å². The number of aliphatic carboxylic acids is 1. The molecular weight excluding hydrogens is 266 g/mol. The zero-order chi connectivity index (χ0) is 16.0. The second-order valence-corrected chi connectivity index (χ2v) is 6.18. The normalized spacial score (nSPS) is 13.0. The maximum absolute atomic E-state index is 11.1. The Hall–Kier alpha value is -1.55. The molecular formula is C17H27NO3. The summed E-state index contributed by atoms with van der Waals surface area (Å²) in [6.07, 6.45) is 1.11. The quantitative estimate of drug-likeness (QED) is 0.769. The maximum Gasteiger partial charge on any atom is 0.312 e. The number of benzene rings is 1. The summed E-state index contributed by atoms with van der Waals surface area (Å²) in [5, 5.41) is 12.5. The largest absolute Gasteiger partial charge is 0.492 e. The first-order valence-electron chi connectivity index (χ1n) is 7.48. The third-order valence-electron chi connectivity index (χ3n) is 3.57. The second-order valence-electron chi connectivity index (χ2n) is 6.18. The van der Waals surface area contributed by atoms with Gasteiger partial charge in [0.25, 0.3) is 0 Å². The SMILES string of the molecule is CCCNC(C)c1ccc(OCC(C)(C)C(=O)O)c(C)c1. The Morgan fingerprint density at radius 3 is 2.62 bits per heavy atom. The molecule has 0 spiro atoms. The lowest BCUT2D eigenvalue weighted by molar-refractivity contribution is -0.148. The van der Waals surface area contributed by atoms with Crippen LogP contribution in [0.1, 0.15) is 51.3 Å². The zero-order valence-corrected chi connectivity index (χ0v) is 13.7. The monoisotopic (exact) mass is 293 g/mol. The van der Waals surface area contributed by atoms with Crippen LogP contribution >= 0.6 is 0 Å². The predicted octanol–water partition coefficient (Wildman–Crippen LogP) is 3.55. The second kappa shape index (κ2) is 7.46. The van der Waals surface area contributed by atoms with Crippen molar-refractivity contribution in [1.29, 1.82) is 0 Å². The Morgan fingerprint density at radius 1 is 1.43 bits per heavy atom. The highest BCUT2D eigenvalue weighted by Crippen LogP contribution is 2.25. The molecule has 1 rings (SSSR count). The maximum atomic E-state index is 11.1. The number of ether oxygens (including phenoxy) is 1. The summed E-state index contributed by atoms with van der Waals surface area (Å²) < 4.78 is 5.68. The summed E-state index contributed by atoms with van der Waals surface area (Å²) in [7, 11) is 0. The van der Waals surface area contributed by atoms with Crippen LogP contribution < -0.4 is 10.1 Å². The van der Waals surface area contributed by atoms with Gasteiger partial charge in [-0.2, -0.15) is 0 Å². The Labute approximate surface area is 127 Å². The smallest absolute Gasteiger partial charge is 0.312 e. The van der Waals surface area contributed by atoms with Gasteiger partial charge in [-0.25, -0.2) is 0 Å².